The highest BCUT2D eigenvalue weighted by molar-refractivity contribution is 6.30. The van der Waals surface area contributed by atoms with Crippen LogP contribution in [0.5, 0.6) is 0 Å². The first-order chi connectivity index (χ1) is 11.5. The van der Waals surface area contributed by atoms with Crippen molar-refractivity contribution < 1.29 is 9.90 Å². The lowest BCUT2D eigenvalue weighted by Gasteiger charge is -2.22. The lowest BCUT2D eigenvalue weighted by Crippen LogP contribution is -2.42. The summed E-state index contributed by atoms with van der Waals surface area (Å²) in [4.78, 5) is 12.4. The van der Waals surface area contributed by atoms with Gasteiger partial charge in [0.25, 0.3) is 0 Å². The number of carbonyl (C=O) groups is 1. The van der Waals surface area contributed by atoms with Crippen LogP contribution >= 0.6 is 11.6 Å². The monoisotopic (exact) mass is 349 g/mol. The van der Waals surface area contributed by atoms with Gasteiger partial charge in [0.1, 0.15) is 0 Å². The summed E-state index contributed by atoms with van der Waals surface area (Å²) in [6.45, 7) is 5.89. The molecule has 1 aromatic heterocycles. The van der Waals surface area contributed by atoms with E-state index in [0.29, 0.717) is 5.02 Å². The van der Waals surface area contributed by atoms with Crippen molar-refractivity contribution in [1.82, 2.24) is 15.5 Å². The van der Waals surface area contributed by atoms with Gasteiger partial charge in [0.05, 0.1) is 24.8 Å². The highest BCUT2D eigenvalue weighted by atomic mass is 35.5. The maximum Gasteiger partial charge on any atom is 0.224 e. The van der Waals surface area contributed by atoms with Crippen LogP contribution in [0, 0.1) is 12.8 Å². The van der Waals surface area contributed by atoms with E-state index in [1.165, 1.54) is 0 Å². The molecule has 0 aliphatic rings. The standard InChI is InChI=1S/C18H24ClN3O2/c1-4-11(2)16(10-23)20-17(24)9-15-12(3)21-22-18(15)13-5-7-14(19)8-6-13/h5-8,11,16,23H,4,9-10H2,1-3H3,(H,20,24)(H,21,22)/t11-,16+/m1/s1. The van der Waals surface area contributed by atoms with E-state index in [1.807, 2.05) is 32.9 Å². The number of carbonyl (C=O) groups excluding carboxylic acids is 1. The number of aliphatic hydroxyl groups excluding tert-OH is 1. The maximum atomic E-state index is 12.4. The third kappa shape index (κ3) is 4.36. The molecule has 2 atom stereocenters. The van der Waals surface area contributed by atoms with Crippen LogP contribution in [-0.2, 0) is 11.2 Å². The Morgan fingerprint density at radius 3 is 2.62 bits per heavy atom. The van der Waals surface area contributed by atoms with E-state index in [0.717, 1.165) is 28.9 Å². The van der Waals surface area contributed by atoms with Crippen LogP contribution in [-0.4, -0.2) is 33.9 Å². The number of nitrogens with one attached hydrogen (secondary N) is 2. The Morgan fingerprint density at radius 1 is 1.38 bits per heavy atom. The molecule has 0 bridgehead atoms. The van der Waals surface area contributed by atoms with Crippen LogP contribution in [0.15, 0.2) is 24.3 Å². The van der Waals surface area contributed by atoms with E-state index in [-0.39, 0.29) is 30.9 Å². The minimum atomic E-state index is -0.228. The smallest absolute Gasteiger partial charge is 0.224 e. The van der Waals surface area contributed by atoms with Crippen molar-refractivity contribution in [3.05, 3.63) is 40.5 Å². The Hall–Kier alpha value is -1.85. The zero-order valence-corrected chi connectivity index (χ0v) is 15.0. The molecule has 0 saturated heterocycles. The third-order valence-electron chi connectivity index (χ3n) is 4.40. The number of amides is 1. The van der Waals surface area contributed by atoms with Gasteiger partial charge in [0.15, 0.2) is 0 Å². The minimum Gasteiger partial charge on any atom is -0.394 e. The number of aliphatic hydroxyl groups is 1. The minimum absolute atomic E-state index is 0.0604. The number of aromatic amines is 1. The van der Waals surface area contributed by atoms with Crippen molar-refractivity contribution in [1.29, 1.82) is 0 Å². The van der Waals surface area contributed by atoms with Crippen LogP contribution < -0.4 is 5.32 Å². The average Bonchev–Trinajstić information content (AvgIpc) is 2.93. The first-order valence-corrected chi connectivity index (χ1v) is 8.54. The van der Waals surface area contributed by atoms with Crippen molar-refractivity contribution in [3.63, 3.8) is 0 Å². The number of rotatable bonds is 7. The summed E-state index contributed by atoms with van der Waals surface area (Å²) in [7, 11) is 0. The summed E-state index contributed by atoms with van der Waals surface area (Å²) >= 11 is 5.93. The molecule has 0 radical (unpaired) electrons. The van der Waals surface area contributed by atoms with Crippen molar-refractivity contribution in [2.24, 2.45) is 5.92 Å². The molecule has 5 nitrogen and oxygen atoms in total. The van der Waals surface area contributed by atoms with E-state index in [2.05, 4.69) is 15.5 Å². The van der Waals surface area contributed by atoms with Gasteiger partial charge in [0.2, 0.25) is 5.91 Å². The second-order valence-corrected chi connectivity index (χ2v) is 6.54. The fourth-order valence-electron chi connectivity index (χ4n) is 2.59. The number of halogens is 1. The lowest BCUT2D eigenvalue weighted by molar-refractivity contribution is -0.121. The number of nitrogens with zero attached hydrogens (tertiary/aromatic N) is 1. The summed E-state index contributed by atoms with van der Waals surface area (Å²) < 4.78 is 0. The summed E-state index contributed by atoms with van der Waals surface area (Å²) in [5.74, 6) is 0.106. The van der Waals surface area contributed by atoms with Gasteiger partial charge >= 0.3 is 0 Å². The van der Waals surface area contributed by atoms with Gasteiger partial charge in [-0.15, -0.1) is 0 Å². The van der Waals surface area contributed by atoms with Crippen molar-refractivity contribution in [2.75, 3.05) is 6.61 Å². The van der Waals surface area contributed by atoms with E-state index < -0.39 is 0 Å². The molecule has 2 rings (SSSR count). The summed E-state index contributed by atoms with van der Waals surface area (Å²) in [6.07, 6.45) is 1.11. The van der Waals surface area contributed by atoms with Gasteiger partial charge in [-0.2, -0.15) is 5.10 Å². The van der Waals surface area contributed by atoms with Crippen molar-refractivity contribution in [3.8, 4) is 11.3 Å². The normalized spacial score (nSPS) is 13.5. The Labute approximate surface area is 147 Å². The molecular weight excluding hydrogens is 326 g/mol. The highest BCUT2D eigenvalue weighted by Crippen LogP contribution is 2.25. The topological polar surface area (TPSA) is 78.0 Å². The molecule has 130 valence electrons. The van der Waals surface area contributed by atoms with Crippen molar-refractivity contribution >= 4 is 17.5 Å². The molecule has 0 fully saturated rings. The molecular formula is C18H24ClN3O2. The quantitative estimate of drug-likeness (QED) is 0.718. The zero-order valence-electron chi connectivity index (χ0n) is 14.3. The SMILES string of the molecule is CC[C@@H](C)[C@H](CO)NC(=O)Cc1c(-c2ccc(Cl)cc2)n[nH]c1C. The molecule has 0 aliphatic carbocycles. The van der Waals surface area contributed by atoms with Gasteiger partial charge in [-0.25, -0.2) is 0 Å². The van der Waals surface area contributed by atoms with Gasteiger partial charge in [-0.1, -0.05) is 44.0 Å². The van der Waals surface area contributed by atoms with Gasteiger partial charge in [-0.05, 0) is 25.0 Å². The Bertz CT molecular complexity index is 682. The molecule has 0 aliphatic heterocycles. The summed E-state index contributed by atoms with van der Waals surface area (Å²) in [6, 6.07) is 7.14. The second kappa shape index (κ2) is 8.31. The average molecular weight is 350 g/mol. The lowest BCUT2D eigenvalue weighted by atomic mass is 9.99. The molecule has 3 N–H and O–H groups in total. The van der Waals surface area contributed by atoms with E-state index >= 15 is 0 Å². The molecule has 0 spiro atoms. The molecule has 2 aromatic rings. The van der Waals surface area contributed by atoms with Gasteiger partial charge in [0, 0.05) is 21.8 Å². The van der Waals surface area contributed by atoms with Gasteiger partial charge < -0.3 is 10.4 Å². The molecule has 1 amide bonds. The van der Waals surface area contributed by atoms with Crippen LogP contribution in [0.3, 0.4) is 0 Å². The van der Waals surface area contributed by atoms with E-state index in [1.54, 1.807) is 12.1 Å². The van der Waals surface area contributed by atoms with E-state index in [4.69, 9.17) is 11.6 Å². The number of H-pyrrole nitrogens is 1. The number of benzene rings is 1. The first kappa shape index (κ1) is 18.5. The zero-order chi connectivity index (χ0) is 17.7. The number of aryl methyl sites for hydroxylation is 1. The molecule has 0 saturated carbocycles. The predicted molar refractivity (Wildman–Crippen MR) is 95.9 cm³/mol. The largest absolute Gasteiger partial charge is 0.394 e. The maximum absolute atomic E-state index is 12.4. The third-order valence-corrected chi connectivity index (χ3v) is 4.65. The summed E-state index contributed by atoms with van der Waals surface area (Å²) in [5, 5.41) is 20.3. The van der Waals surface area contributed by atoms with Crippen LogP contribution in [0.1, 0.15) is 31.5 Å². The van der Waals surface area contributed by atoms with Crippen LogP contribution in [0.25, 0.3) is 11.3 Å². The van der Waals surface area contributed by atoms with E-state index in [9.17, 15) is 9.90 Å². The number of hydrogen-bond acceptors (Lipinski definition) is 3. The van der Waals surface area contributed by atoms with Crippen LogP contribution in [0.2, 0.25) is 5.02 Å². The first-order valence-electron chi connectivity index (χ1n) is 8.16. The second-order valence-electron chi connectivity index (χ2n) is 6.10. The van der Waals surface area contributed by atoms with Gasteiger partial charge in [-0.3, -0.25) is 9.89 Å². The van der Waals surface area contributed by atoms with Crippen LogP contribution in [0.4, 0.5) is 0 Å². The molecule has 6 heteroatoms. The molecule has 0 unspecified atom stereocenters. The number of aromatic nitrogens is 2. The summed E-state index contributed by atoms with van der Waals surface area (Å²) in [5.41, 5.74) is 3.38. The molecule has 1 aromatic carbocycles. The number of hydrogen-bond donors (Lipinski definition) is 3. The fraction of sp³-hybridized carbons (Fsp3) is 0.444. The highest BCUT2D eigenvalue weighted by Gasteiger charge is 2.20. The Morgan fingerprint density at radius 2 is 2.04 bits per heavy atom. The Balaban J connectivity index is 2.16. The molecule has 24 heavy (non-hydrogen) atoms. The Kier molecular flexibility index (Phi) is 6.40. The fourth-order valence-corrected chi connectivity index (χ4v) is 2.71. The molecule has 1 heterocycles. The predicted octanol–water partition coefficient (Wildman–Crippen LogP) is 3.10. The van der Waals surface area contributed by atoms with Crippen molar-refractivity contribution in [2.45, 2.75) is 39.7 Å².